The summed E-state index contributed by atoms with van der Waals surface area (Å²) in [7, 11) is 0. The van der Waals surface area contributed by atoms with Crippen molar-refractivity contribution in [2.45, 2.75) is 6.61 Å². The highest BCUT2D eigenvalue weighted by Crippen LogP contribution is 2.10. The quantitative estimate of drug-likeness (QED) is 0.705. The molecule has 15 heavy (non-hydrogen) atoms. The van der Waals surface area contributed by atoms with Gasteiger partial charge >= 0.3 is 0 Å². The summed E-state index contributed by atoms with van der Waals surface area (Å²) < 4.78 is 10.1. The Hall–Kier alpha value is -2.17. The Bertz CT molecular complexity index is 439. The number of aromatic nitrogens is 2. The molecule has 0 aliphatic rings. The molecule has 0 saturated heterocycles. The van der Waals surface area contributed by atoms with Crippen molar-refractivity contribution in [2.24, 2.45) is 0 Å². The maximum absolute atomic E-state index is 10.3. The van der Waals surface area contributed by atoms with Gasteiger partial charge in [-0.15, -0.1) is 0 Å². The zero-order valence-corrected chi connectivity index (χ0v) is 7.79. The molecule has 0 saturated carbocycles. The average Bonchev–Trinajstić information content (AvgIpc) is 2.76. The van der Waals surface area contributed by atoms with Crippen molar-refractivity contribution in [3.63, 3.8) is 0 Å². The number of carbonyl (C=O) groups excluding carboxylic acids is 1. The second-order valence-corrected chi connectivity index (χ2v) is 2.77. The van der Waals surface area contributed by atoms with Gasteiger partial charge in [0.25, 0.3) is 5.89 Å². The molecule has 5 heteroatoms. The fourth-order valence-corrected chi connectivity index (χ4v) is 1.04. The predicted molar refractivity (Wildman–Crippen MR) is 50.5 cm³/mol. The van der Waals surface area contributed by atoms with Gasteiger partial charge in [0.1, 0.15) is 5.75 Å². The van der Waals surface area contributed by atoms with Crippen LogP contribution >= 0.6 is 0 Å². The lowest BCUT2D eigenvalue weighted by Crippen LogP contribution is -1.95. The number of aldehydes is 1. The van der Waals surface area contributed by atoms with Gasteiger partial charge in [0.2, 0.25) is 5.82 Å². The van der Waals surface area contributed by atoms with Crippen molar-refractivity contribution in [3.05, 3.63) is 42.0 Å². The second-order valence-electron chi connectivity index (χ2n) is 2.77. The maximum Gasteiger partial charge on any atom is 0.264 e. The third-order valence-electron chi connectivity index (χ3n) is 1.69. The third kappa shape index (κ3) is 2.40. The maximum atomic E-state index is 10.3. The largest absolute Gasteiger partial charge is 0.484 e. The van der Waals surface area contributed by atoms with E-state index in [2.05, 4.69) is 10.1 Å². The van der Waals surface area contributed by atoms with Gasteiger partial charge in [-0.3, -0.25) is 4.79 Å². The van der Waals surface area contributed by atoms with E-state index in [1.165, 1.54) is 0 Å². The normalized spacial score (nSPS) is 9.87. The summed E-state index contributed by atoms with van der Waals surface area (Å²) in [5, 5.41) is 3.41. The van der Waals surface area contributed by atoms with Crippen molar-refractivity contribution in [1.82, 2.24) is 10.1 Å². The third-order valence-corrected chi connectivity index (χ3v) is 1.69. The minimum Gasteiger partial charge on any atom is -0.484 e. The van der Waals surface area contributed by atoms with Crippen LogP contribution < -0.4 is 4.74 Å². The van der Waals surface area contributed by atoms with E-state index in [4.69, 9.17) is 9.26 Å². The minimum atomic E-state index is 0.0293. The van der Waals surface area contributed by atoms with Crippen LogP contribution in [0.25, 0.3) is 0 Å². The highest BCUT2D eigenvalue weighted by molar-refractivity contribution is 5.68. The van der Waals surface area contributed by atoms with Gasteiger partial charge in [0.05, 0.1) is 0 Å². The smallest absolute Gasteiger partial charge is 0.264 e. The Morgan fingerprint density at radius 3 is 2.80 bits per heavy atom. The Morgan fingerprint density at radius 2 is 2.13 bits per heavy atom. The molecule has 0 bridgehead atoms. The van der Waals surface area contributed by atoms with Gasteiger partial charge in [-0.1, -0.05) is 23.4 Å². The summed E-state index contributed by atoms with van der Waals surface area (Å²) in [5.41, 5.74) is 0. The molecule has 0 atom stereocenters. The van der Waals surface area contributed by atoms with Crippen LogP contribution in [-0.2, 0) is 6.61 Å². The van der Waals surface area contributed by atoms with Gasteiger partial charge < -0.3 is 9.26 Å². The Morgan fingerprint density at radius 1 is 1.33 bits per heavy atom. The standard InChI is InChI=1S/C10H8N2O3/c13-6-9-11-10(15-12-9)7-14-8-4-2-1-3-5-8/h1-6H,7H2. The van der Waals surface area contributed by atoms with Gasteiger partial charge in [-0.25, -0.2) is 0 Å². The molecule has 1 heterocycles. The fourth-order valence-electron chi connectivity index (χ4n) is 1.04. The first-order valence-electron chi connectivity index (χ1n) is 4.34. The molecule has 0 spiro atoms. The number of benzene rings is 1. The lowest BCUT2D eigenvalue weighted by molar-refractivity contribution is 0.111. The first-order chi connectivity index (χ1) is 7.38. The van der Waals surface area contributed by atoms with Gasteiger partial charge in [0, 0.05) is 0 Å². The highest BCUT2D eigenvalue weighted by atomic mass is 16.5. The number of nitrogens with zero attached hydrogens (tertiary/aromatic N) is 2. The van der Waals surface area contributed by atoms with Crippen LogP contribution in [0.5, 0.6) is 5.75 Å². The van der Waals surface area contributed by atoms with Gasteiger partial charge in [-0.2, -0.15) is 4.98 Å². The van der Waals surface area contributed by atoms with E-state index in [1.807, 2.05) is 30.3 Å². The predicted octanol–water partition coefficient (Wildman–Crippen LogP) is 1.46. The van der Waals surface area contributed by atoms with E-state index in [-0.39, 0.29) is 18.3 Å². The zero-order valence-electron chi connectivity index (χ0n) is 7.79. The van der Waals surface area contributed by atoms with Crippen LogP contribution in [0.3, 0.4) is 0 Å². The lowest BCUT2D eigenvalue weighted by Gasteiger charge is -2.00. The first kappa shape index (κ1) is 9.39. The zero-order chi connectivity index (χ0) is 10.5. The molecule has 76 valence electrons. The molecule has 0 fully saturated rings. The molecule has 2 aromatic rings. The molecule has 0 aliphatic carbocycles. The van der Waals surface area contributed by atoms with Crippen molar-refractivity contribution < 1.29 is 14.1 Å². The van der Waals surface area contributed by atoms with Gasteiger partial charge in [-0.05, 0) is 12.1 Å². The summed E-state index contributed by atoms with van der Waals surface area (Å²) in [6.07, 6.45) is 0.523. The number of hydrogen-bond acceptors (Lipinski definition) is 5. The van der Waals surface area contributed by atoms with E-state index >= 15 is 0 Å². The minimum absolute atomic E-state index is 0.0293. The average molecular weight is 204 g/mol. The van der Waals surface area contributed by atoms with Crippen molar-refractivity contribution in [2.75, 3.05) is 0 Å². The van der Waals surface area contributed by atoms with Gasteiger partial charge in [0.15, 0.2) is 12.9 Å². The second kappa shape index (κ2) is 4.36. The fraction of sp³-hybridized carbons (Fsp3) is 0.100. The molecule has 0 amide bonds. The molecular formula is C10H8N2O3. The van der Waals surface area contributed by atoms with E-state index in [0.29, 0.717) is 12.0 Å². The summed E-state index contributed by atoms with van der Waals surface area (Å²) >= 11 is 0. The van der Waals surface area contributed by atoms with Crippen LogP contribution in [0.15, 0.2) is 34.9 Å². The van der Waals surface area contributed by atoms with Crippen LogP contribution in [0.4, 0.5) is 0 Å². The Labute approximate surface area is 85.7 Å². The van der Waals surface area contributed by atoms with Crippen molar-refractivity contribution in [1.29, 1.82) is 0 Å². The summed E-state index contributed by atoms with van der Waals surface area (Å²) in [4.78, 5) is 14.0. The molecule has 2 rings (SSSR count). The van der Waals surface area contributed by atoms with Crippen LogP contribution in [0.1, 0.15) is 16.5 Å². The molecule has 1 aromatic carbocycles. The number of ether oxygens (including phenoxy) is 1. The Kier molecular flexibility index (Phi) is 2.73. The summed E-state index contributed by atoms with van der Waals surface area (Å²) in [6, 6.07) is 9.25. The van der Waals surface area contributed by atoms with Crippen LogP contribution in [0, 0.1) is 0 Å². The van der Waals surface area contributed by atoms with Crippen molar-refractivity contribution >= 4 is 6.29 Å². The Balaban J connectivity index is 1.96. The molecule has 1 aromatic heterocycles. The van der Waals surface area contributed by atoms with E-state index in [9.17, 15) is 4.79 Å². The molecular weight excluding hydrogens is 196 g/mol. The molecule has 0 radical (unpaired) electrons. The summed E-state index contributed by atoms with van der Waals surface area (Å²) in [6.45, 7) is 0.158. The summed E-state index contributed by atoms with van der Waals surface area (Å²) in [5.74, 6) is 1.02. The SMILES string of the molecule is O=Cc1noc(COc2ccccc2)n1. The number of rotatable bonds is 4. The monoisotopic (exact) mass is 204 g/mol. The van der Waals surface area contributed by atoms with E-state index in [1.54, 1.807) is 0 Å². The number of carbonyl (C=O) groups is 1. The van der Waals surface area contributed by atoms with E-state index in [0.717, 1.165) is 0 Å². The molecule has 0 N–H and O–H groups in total. The van der Waals surface area contributed by atoms with Crippen molar-refractivity contribution in [3.8, 4) is 5.75 Å². The topological polar surface area (TPSA) is 65.2 Å². The number of hydrogen-bond donors (Lipinski definition) is 0. The van der Waals surface area contributed by atoms with Crippen LogP contribution in [0.2, 0.25) is 0 Å². The highest BCUT2D eigenvalue weighted by Gasteiger charge is 2.05. The molecule has 5 nitrogen and oxygen atoms in total. The number of para-hydroxylation sites is 1. The van der Waals surface area contributed by atoms with E-state index < -0.39 is 0 Å². The molecule has 0 aliphatic heterocycles. The first-order valence-corrected chi connectivity index (χ1v) is 4.34. The lowest BCUT2D eigenvalue weighted by atomic mass is 10.3. The molecule has 0 unspecified atom stereocenters. The van der Waals surface area contributed by atoms with Crippen LogP contribution in [-0.4, -0.2) is 16.4 Å².